The second-order valence-corrected chi connectivity index (χ2v) is 5.23. The van der Waals surface area contributed by atoms with Crippen molar-refractivity contribution in [1.82, 2.24) is 9.88 Å². The predicted octanol–water partition coefficient (Wildman–Crippen LogP) is 1.42. The van der Waals surface area contributed by atoms with Crippen LogP contribution in [0.4, 0.5) is 13.2 Å². The van der Waals surface area contributed by atoms with Gasteiger partial charge in [-0.05, 0) is 30.7 Å². The molecule has 0 aliphatic carbocycles. The van der Waals surface area contributed by atoms with Gasteiger partial charge in [0.25, 0.3) is 5.56 Å². The number of aliphatic hydroxyl groups excluding tert-OH is 1. The predicted molar refractivity (Wildman–Crippen MR) is 79.7 cm³/mol. The minimum atomic E-state index is -1.63. The van der Waals surface area contributed by atoms with Crippen molar-refractivity contribution in [3.63, 3.8) is 0 Å². The topological polar surface area (TPSA) is 71.3 Å². The van der Waals surface area contributed by atoms with Crippen molar-refractivity contribution in [1.29, 1.82) is 0 Å². The van der Waals surface area contributed by atoms with E-state index in [1.54, 1.807) is 19.1 Å². The molecule has 24 heavy (non-hydrogen) atoms. The molecule has 2 rings (SSSR count). The van der Waals surface area contributed by atoms with Gasteiger partial charge < -0.3 is 15.0 Å². The Labute approximate surface area is 135 Å². The van der Waals surface area contributed by atoms with Crippen molar-refractivity contribution in [2.75, 3.05) is 6.61 Å². The lowest BCUT2D eigenvalue weighted by Crippen LogP contribution is -2.36. The summed E-state index contributed by atoms with van der Waals surface area (Å²) in [6.07, 6.45) is 1.42. The normalized spacial score (nSPS) is 12.0. The number of pyridine rings is 1. The summed E-state index contributed by atoms with van der Waals surface area (Å²) in [5.74, 6) is -5.12. The van der Waals surface area contributed by atoms with E-state index < -0.39 is 36.0 Å². The Morgan fingerprint density at radius 3 is 2.50 bits per heavy atom. The first-order valence-electron chi connectivity index (χ1n) is 7.04. The fraction of sp³-hybridized carbons (Fsp3) is 0.250. The van der Waals surface area contributed by atoms with Crippen molar-refractivity contribution in [3.8, 4) is 0 Å². The maximum absolute atomic E-state index is 13.3. The summed E-state index contributed by atoms with van der Waals surface area (Å²) in [5.41, 5.74) is -0.0300. The second kappa shape index (κ2) is 7.31. The van der Waals surface area contributed by atoms with E-state index in [-0.39, 0.29) is 17.7 Å². The van der Waals surface area contributed by atoms with Gasteiger partial charge in [0.2, 0.25) is 5.91 Å². The third-order valence-electron chi connectivity index (χ3n) is 3.45. The molecule has 5 nitrogen and oxygen atoms in total. The van der Waals surface area contributed by atoms with Gasteiger partial charge in [-0.25, -0.2) is 13.2 Å². The van der Waals surface area contributed by atoms with Gasteiger partial charge in [-0.15, -0.1) is 0 Å². The van der Waals surface area contributed by atoms with Gasteiger partial charge in [0, 0.05) is 11.8 Å². The third kappa shape index (κ3) is 3.83. The summed E-state index contributed by atoms with van der Waals surface area (Å²) in [4.78, 5) is 23.9. The van der Waals surface area contributed by atoms with E-state index in [2.05, 4.69) is 5.32 Å². The minimum Gasteiger partial charge on any atom is -0.394 e. The molecule has 2 aromatic rings. The molecule has 0 spiro atoms. The van der Waals surface area contributed by atoms with E-state index in [1.807, 2.05) is 0 Å². The number of hydrogen-bond donors (Lipinski definition) is 2. The fourth-order valence-electron chi connectivity index (χ4n) is 2.19. The highest BCUT2D eigenvalue weighted by atomic mass is 19.2. The summed E-state index contributed by atoms with van der Waals surface area (Å²) in [6, 6.07) is 3.44. The molecule has 2 N–H and O–H groups in total. The van der Waals surface area contributed by atoms with Crippen LogP contribution in [-0.4, -0.2) is 22.2 Å². The lowest BCUT2D eigenvalue weighted by atomic mass is 10.1. The van der Waals surface area contributed by atoms with Gasteiger partial charge in [-0.2, -0.15) is 0 Å². The molecule has 0 bridgehead atoms. The van der Waals surface area contributed by atoms with E-state index >= 15 is 0 Å². The number of rotatable bonds is 5. The molecule has 0 aliphatic rings. The van der Waals surface area contributed by atoms with Crippen molar-refractivity contribution < 1.29 is 23.1 Å². The van der Waals surface area contributed by atoms with Crippen molar-refractivity contribution in [3.05, 3.63) is 69.4 Å². The molecule has 8 heteroatoms. The molecule has 0 aliphatic heterocycles. The number of nitrogens with zero attached hydrogens (tertiary/aromatic N) is 1. The molecule has 0 radical (unpaired) electrons. The van der Waals surface area contributed by atoms with Crippen LogP contribution in [0, 0.1) is 24.4 Å². The molecule has 1 unspecified atom stereocenters. The first-order valence-corrected chi connectivity index (χ1v) is 7.04. The van der Waals surface area contributed by atoms with Crippen molar-refractivity contribution in [2.45, 2.75) is 19.5 Å². The molecule has 1 aromatic heterocycles. The lowest BCUT2D eigenvalue weighted by Gasteiger charge is -2.17. The third-order valence-corrected chi connectivity index (χ3v) is 3.45. The van der Waals surface area contributed by atoms with Gasteiger partial charge >= 0.3 is 0 Å². The largest absolute Gasteiger partial charge is 0.394 e. The Bertz CT molecular complexity index is 797. The van der Waals surface area contributed by atoms with E-state index in [1.165, 1.54) is 6.20 Å². The first kappa shape index (κ1) is 17.7. The molecule has 128 valence electrons. The molecule has 0 fully saturated rings. The Morgan fingerprint density at radius 2 is 1.92 bits per heavy atom. The highest BCUT2D eigenvalue weighted by Crippen LogP contribution is 2.19. The zero-order valence-electron chi connectivity index (χ0n) is 12.7. The Kier molecular flexibility index (Phi) is 5.40. The number of amides is 1. The van der Waals surface area contributed by atoms with Crippen molar-refractivity contribution in [2.24, 2.45) is 0 Å². The number of nitrogens with one attached hydrogen (secondary N) is 1. The highest BCUT2D eigenvalue weighted by molar-refractivity contribution is 5.76. The maximum atomic E-state index is 13.3. The van der Waals surface area contributed by atoms with Gasteiger partial charge in [0.15, 0.2) is 17.5 Å². The van der Waals surface area contributed by atoms with Gasteiger partial charge in [0.05, 0.1) is 12.6 Å². The summed E-state index contributed by atoms with van der Waals surface area (Å²) >= 11 is 0. The first-order chi connectivity index (χ1) is 11.3. The van der Waals surface area contributed by atoms with Crippen LogP contribution in [0.15, 0.2) is 35.3 Å². The summed E-state index contributed by atoms with van der Waals surface area (Å²) in [5, 5.41) is 11.7. The molecule has 0 saturated heterocycles. The van der Waals surface area contributed by atoms with Crippen LogP contribution in [0.2, 0.25) is 0 Å². The lowest BCUT2D eigenvalue weighted by molar-refractivity contribution is -0.122. The van der Waals surface area contributed by atoms with Crippen molar-refractivity contribution >= 4 is 5.91 Å². The van der Waals surface area contributed by atoms with Crippen LogP contribution < -0.4 is 10.9 Å². The number of hydrogen-bond acceptors (Lipinski definition) is 3. The Balaban J connectivity index is 2.17. The average molecular weight is 340 g/mol. The fourth-order valence-corrected chi connectivity index (χ4v) is 2.19. The Hall–Kier alpha value is -2.61. The van der Waals surface area contributed by atoms with Crippen LogP contribution in [0.3, 0.4) is 0 Å². The number of aryl methyl sites for hydroxylation is 1. The minimum absolute atomic E-state index is 0.126. The summed E-state index contributed by atoms with van der Waals surface area (Å²) < 4.78 is 40.7. The van der Waals surface area contributed by atoms with E-state index in [4.69, 9.17) is 0 Å². The highest BCUT2D eigenvalue weighted by Gasteiger charge is 2.19. The number of carbonyl (C=O) groups excluding carboxylic acids is 1. The van der Waals surface area contributed by atoms with Crippen LogP contribution in [0.25, 0.3) is 0 Å². The van der Waals surface area contributed by atoms with Gasteiger partial charge in [-0.1, -0.05) is 6.07 Å². The molecule has 1 amide bonds. The standard InChI is InChI=1S/C16H15F3N2O3/c1-9-3-2-4-21(16(9)24)7-14(23)20-13(8-22)10-5-11(17)15(19)12(18)6-10/h2-6,13,22H,7-8H2,1H3,(H,20,23). The number of aromatic nitrogens is 1. The number of halogens is 3. The molecule has 1 heterocycles. The quantitative estimate of drug-likeness (QED) is 0.809. The summed E-state index contributed by atoms with van der Waals surface area (Å²) in [7, 11) is 0. The van der Waals surface area contributed by atoms with E-state index in [0.29, 0.717) is 17.7 Å². The molecule has 1 aromatic carbocycles. The Morgan fingerprint density at radius 1 is 1.29 bits per heavy atom. The molecular weight excluding hydrogens is 325 g/mol. The monoisotopic (exact) mass is 340 g/mol. The van der Waals surface area contributed by atoms with E-state index in [0.717, 1.165) is 4.57 Å². The van der Waals surface area contributed by atoms with Crippen LogP contribution in [0.5, 0.6) is 0 Å². The second-order valence-electron chi connectivity index (χ2n) is 5.23. The van der Waals surface area contributed by atoms with Crippen LogP contribution in [0.1, 0.15) is 17.2 Å². The maximum Gasteiger partial charge on any atom is 0.253 e. The number of carbonyl (C=O) groups is 1. The molecular formula is C16H15F3N2O3. The molecule has 0 saturated carbocycles. The average Bonchev–Trinajstić information content (AvgIpc) is 2.54. The zero-order valence-corrected chi connectivity index (χ0v) is 12.7. The van der Waals surface area contributed by atoms with Gasteiger partial charge in [0.1, 0.15) is 6.54 Å². The van der Waals surface area contributed by atoms with Gasteiger partial charge in [-0.3, -0.25) is 9.59 Å². The summed E-state index contributed by atoms with van der Waals surface area (Å²) in [6.45, 7) is 0.611. The number of benzene rings is 1. The van der Waals surface area contributed by atoms with E-state index in [9.17, 15) is 27.9 Å². The SMILES string of the molecule is Cc1cccn(CC(=O)NC(CO)c2cc(F)c(F)c(F)c2)c1=O. The zero-order chi connectivity index (χ0) is 17.9. The smallest absolute Gasteiger partial charge is 0.253 e. The molecule has 1 atom stereocenters. The number of aliphatic hydroxyl groups is 1. The van der Waals surface area contributed by atoms with Crippen LogP contribution in [-0.2, 0) is 11.3 Å². The van der Waals surface area contributed by atoms with Crippen LogP contribution >= 0.6 is 0 Å².